The van der Waals surface area contributed by atoms with Crippen LogP contribution in [0, 0.1) is 0 Å². The molecule has 3 heteroatoms. The van der Waals surface area contributed by atoms with Crippen LogP contribution in [0.1, 0.15) is 11.1 Å². The Morgan fingerprint density at radius 2 is 1.61 bits per heavy atom. The van der Waals surface area contributed by atoms with E-state index in [1.165, 1.54) is 0 Å². The van der Waals surface area contributed by atoms with Crippen LogP contribution in [-0.2, 0) is 5.79 Å². The lowest BCUT2D eigenvalue weighted by Gasteiger charge is -2.36. The number of fused-ring (bicyclic) bond motifs is 3. The van der Waals surface area contributed by atoms with Gasteiger partial charge in [-0.15, -0.1) is 0 Å². The zero-order valence-corrected chi connectivity index (χ0v) is 12.7. The van der Waals surface area contributed by atoms with Crippen LogP contribution >= 0.6 is 0 Å². The average Bonchev–Trinajstić information content (AvgIpc) is 2.62. The summed E-state index contributed by atoms with van der Waals surface area (Å²) in [7, 11) is 1.64. The summed E-state index contributed by atoms with van der Waals surface area (Å²) in [5.41, 5.74) is 3.29. The summed E-state index contributed by atoms with van der Waals surface area (Å²) >= 11 is 0. The highest BCUT2D eigenvalue weighted by Crippen LogP contribution is 2.47. The zero-order chi connectivity index (χ0) is 15.9. The van der Waals surface area contributed by atoms with Crippen LogP contribution in [-0.4, -0.2) is 12.2 Å². The van der Waals surface area contributed by atoms with Crippen molar-refractivity contribution in [2.45, 2.75) is 5.79 Å². The number of aliphatic hydroxyl groups is 1. The Hall–Kier alpha value is -2.78. The zero-order valence-electron chi connectivity index (χ0n) is 12.7. The van der Waals surface area contributed by atoms with Crippen molar-refractivity contribution >= 4 is 0 Å². The highest BCUT2D eigenvalue weighted by Gasteiger charge is 2.40. The standard InChI is InChI=1S/C20H16O3/c1-22-15-11-12-19-17(13-15)16-9-5-6-10-18(16)20(21,23-19)14-7-3-2-4-8-14/h2-13,21H,1H3. The second-order valence-corrected chi connectivity index (χ2v) is 5.52. The minimum absolute atomic E-state index is 0.635. The van der Waals surface area contributed by atoms with Crippen LogP contribution < -0.4 is 9.47 Å². The van der Waals surface area contributed by atoms with Crippen molar-refractivity contribution in [1.29, 1.82) is 0 Å². The molecular formula is C20H16O3. The fourth-order valence-electron chi connectivity index (χ4n) is 3.04. The maximum atomic E-state index is 11.3. The summed E-state index contributed by atoms with van der Waals surface area (Å²) in [5, 5.41) is 11.3. The topological polar surface area (TPSA) is 38.7 Å². The summed E-state index contributed by atoms with van der Waals surface area (Å²) in [6, 6.07) is 22.8. The molecule has 0 fully saturated rings. The first kappa shape index (κ1) is 13.9. The summed E-state index contributed by atoms with van der Waals surface area (Å²) in [6.07, 6.45) is 0. The Morgan fingerprint density at radius 3 is 2.39 bits per heavy atom. The molecule has 3 aromatic rings. The predicted octanol–water partition coefficient (Wildman–Crippen LogP) is 3.95. The van der Waals surface area contributed by atoms with Crippen LogP contribution in [0.5, 0.6) is 11.5 Å². The quantitative estimate of drug-likeness (QED) is 0.779. The monoisotopic (exact) mass is 304 g/mol. The molecule has 0 aliphatic carbocycles. The first-order valence-electron chi connectivity index (χ1n) is 7.47. The van der Waals surface area contributed by atoms with E-state index in [-0.39, 0.29) is 0 Å². The molecule has 3 nitrogen and oxygen atoms in total. The second kappa shape index (κ2) is 5.14. The molecule has 0 bridgehead atoms. The third kappa shape index (κ3) is 2.09. The van der Waals surface area contributed by atoms with Gasteiger partial charge in [0.05, 0.1) is 7.11 Å². The molecule has 1 aliphatic heterocycles. The van der Waals surface area contributed by atoms with E-state index in [0.717, 1.165) is 22.4 Å². The van der Waals surface area contributed by atoms with Gasteiger partial charge in [-0.05, 0) is 23.8 Å². The van der Waals surface area contributed by atoms with E-state index >= 15 is 0 Å². The molecule has 0 radical (unpaired) electrons. The van der Waals surface area contributed by atoms with E-state index < -0.39 is 5.79 Å². The summed E-state index contributed by atoms with van der Waals surface area (Å²) in [4.78, 5) is 0. The highest BCUT2D eigenvalue weighted by atomic mass is 16.6. The SMILES string of the molecule is COc1ccc2c(c1)-c1ccccc1C(O)(c1ccccc1)O2. The molecule has 4 rings (SSSR count). The molecule has 0 saturated heterocycles. The van der Waals surface area contributed by atoms with Crippen molar-refractivity contribution in [2.75, 3.05) is 7.11 Å². The largest absolute Gasteiger partial charge is 0.497 e. The molecule has 1 heterocycles. The van der Waals surface area contributed by atoms with Crippen LogP contribution in [0.15, 0.2) is 72.8 Å². The molecule has 114 valence electrons. The van der Waals surface area contributed by atoms with Gasteiger partial charge in [-0.2, -0.15) is 0 Å². The Kier molecular flexibility index (Phi) is 3.10. The van der Waals surface area contributed by atoms with Gasteiger partial charge >= 0.3 is 0 Å². The van der Waals surface area contributed by atoms with E-state index in [2.05, 4.69) is 0 Å². The molecule has 3 aromatic carbocycles. The second-order valence-electron chi connectivity index (χ2n) is 5.52. The molecule has 0 amide bonds. The normalized spacial score (nSPS) is 18.5. The summed E-state index contributed by atoms with van der Waals surface area (Å²) < 4.78 is 11.3. The fourth-order valence-corrected chi connectivity index (χ4v) is 3.04. The van der Waals surface area contributed by atoms with Crippen LogP contribution in [0.3, 0.4) is 0 Å². The van der Waals surface area contributed by atoms with Gasteiger partial charge in [-0.3, -0.25) is 0 Å². The van der Waals surface area contributed by atoms with Crippen LogP contribution in [0.4, 0.5) is 0 Å². The van der Waals surface area contributed by atoms with Gasteiger partial charge in [0.25, 0.3) is 5.79 Å². The van der Waals surface area contributed by atoms with E-state index in [0.29, 0.717) is 11.3 Å². The maximum Gasteiger partial charge on any atom is 0.262 e. The van der Waals surface area contributed by atoms with Gasteiger partial charge in [-0.25, -0.2) is 0 Å². The molecule has 23 heavy (non-hydrogen) atoms. The number of ether oxygens (including phenoxy) is 2. The van der Waals surface area contributed by atoms with E-state index in [1.54, 1.807) is 7.11 Å². The predicted molar refractivity (Wildman–Crippen MR) is 88.5 cm³/mol. The first-order valence-corrected chi connectivity index (χ1v) is 7.47. The lowest BCUT2D eigenvalue weighted by atomic mass is 9.87. The lowest BCUT2D eigenvalue weighted by Crippen LogP contribution is -2.37. The van der Waals surface area contributed by atoms with Crippen molar-refractivity contribution in [2.24, 2.45) is 0 Å². The minimum Gasteiger partial charge on any atom is -0.497 e. The molecule has 1 N–H and O–H groups in total. The molecule has 1 atom stereocenters. The number of hydrogen-bond donors (Lipinski definition) is 1. The third-order valence-corrected chi connectivity index (χ3v) is 4.19. The fraction of sp³-hybridized carbons (Fsp3) is 0.100. The number of benzene rings is 3. The van der Waals surface area contributed by atoms with Gasteiger partial charge in [0, 0.05) is 16.7 Å². The molecular weight excluding hydrogens is 288 g/mol. The van der Waals surface area contributed by atoms with Gasteiger partial charge in [-0.1, -0.05) is 54.6 Å². The maximum absolute atomic E-state index is 11.3. The number of methoxy groups -OCH3 is 1. The van der Waals surface area contributed by atoms with Crippen molar-refractivity contribution in [3.8, 4) is 22.6 Å². The minimum atomic E-state index is -1.50. The number of rotatable bonds is 2. The number of hydrogen-bond acceptors (Lipinski definition) is 3. The Bertz CT molecular complexity index is 858. The Morgan fingerprint density at radius 1 is 0.870 bits per heavy atom. The van der Waals surface area contributed by atoms with Gasteiger partial charge in [0.1, 0.15) is 11.5 Å². The van der Waals surface area contributed by atoms with Crippen molar-refractivity contribution in [3.05, 3.63) is 83.9 Å². The summed E-state index contributed by atoms with van der Waals surface area (Å²) in [5.74, 6) is -0.109. The van der Waals surface area contributed by atoms with Gasteiger partial charge < -0.3 is 14.6 Å². The summed E-state index contributed by atoms with van der Waals surface area (Å²) in [6.45, 7) is 0. The molecule has 0 spiro atoms. The molecule has 0 saturated carbocycles. The van der Waals surface area contributed by atoms with Crippen molar-refractivity contribution < 1.29 is 14.6 Å². The van der Waals surface area contributed by atoms with E-state index in [9.17, 15) is 5.11 Å². The average molecular weight is 304 g/mol. The highest BCUT2D eigenvalue weighted by molar-refractivity contribution is 5.78. The Labute approximate surface area is 134 Å². The van der Waals surface area contributed by atoms with Crippen molar-refractivity contribution in [3.63, 3.8) is 0 Å². The molecule has 0 aromatic heterocycles. The van der Waals surface area contributed by atoms with Gasteiger partial charge in [0.15, 0.2) is 0 Å². The Balaban J connectivity index is 1.97. The molecule has 1 aliphatic rings. The van der Waals surface area contributed by atoms with E-state index in [4.69, 9.17) is 9.47 Å². The van der Waals surface area contributed by atoms with E-state index in [1.807, 2.05) is 72.8 Å². The molecule has 1 unspecified atom stereocenters. The lowest BCUT2D eigenvalue weighted by molar-refractivity contribution is -0.110. The van der Waals surface area contributed by atoms with Gasteiger partial charge in [0.2, 0.25) is 0 Å². The first-order chi connectivity index (χ1) is 11.2. The van der Waals surface area contributed by atoms with Crippen LogP contribution in [0.2, 0.25) is 0 Å². The van der Waals surface area contributed by atoms with Crippen molar-refractivity contribution in [1.82, 2.24) is 0 Å². The van der Waals surface area contributed by atoms with Crippen LogP contribution in [0.25, 0.3) is 11.1 Å². The third-order valence-electron chi connectivity index (χ3n) is 4.19. The smallest absolute Gasteiger partial charge is 0.262 e.